The molecule has 3 rings (SSSR count). The number of allylic oxidation sites excluding steroid dienone is 1. The van der Waals surface area contributed by atoms with E-state index in [1.807, 2.05) is 12.1 Å². The first kappa shape index (κ1) is 14.4. The van der Waals surface area contributed by atoms with Crippen molar-refractivity contribution in [2.75, 3.05) is 0 Å². The number of Topliss-reactive ketones (excluding diaryl/α,β-unsaturated/α-hetero) is 2. The summed E-state index contributed by atoms with van der Waals surface area (Å²) in [4.78, 5) is 33.0. The van der Waals surface area contributed by atoms with Crippen molar-refractivity contribution in [2.24, 2.45) is 5.41 Å². The van der Waals surface area contributed by atoms with E-state index in [1.54, 1.807) is 26.0 Å². The molecule has 1 saturated carbocycles. The van der Waals surface area contributed by atoms with Gasteiger partial charge in [0.05, 0.1) is 17.2 Å². The maximum absolute atomic E-state index is 12.4. The minimum atomic E-state index is -0.651. The van der Waals surface area contributed by atoms with Gasteiger partial charge in [-0.05, 0) is 18.6 Å². The highest BCUT2D eigenvalue weighted by Crippen LogP contribution is 2.35. The summed E-state index contributed by atoms with van der Waals surface area (Å²) >= 11 is 0. The molecule has 0 aliphatic heterocycles. The summed E-state index contributed by atoms with van der Waals surface area (Å²) in [5, 5.41) is 10.4. The van der Waals surface area contributed by atoms with Crippen LogP contribution in [0.3, 0.4) is 0 Å². The fourth-order valence-electron chi connectivity index (χ4n) is 2.57. The highest BCUT2D eigenvalue weighted by molar-refractivity contribution is 6.27. The van der Waals surface area contributed by atoms with Crippen molar-refractivity contribution in [3.8, 4) is 0 Å². The van der Waals surface area contributed by atoms with Crippen molar-refractivity contribution in [1.82, 2.24) is 9.97 Å². The molecule has 0 spiro atoms. The number of aliphatic hydroxyl groups is 1. The predicted octanol–water partition coefficient (Wildman–Crippen LogP) is 2.86. The van der Waals surface area contributed by atoms with Crippen LogP contribution in [0.1, 0.15) is 32.4 Å². The summed E-state index contributed by atoms with van der Waals surface area (Å²) in [7, 11) is 0. The van der Waals surface area contributed by atoms with Crippen molar-refractivity contribution in [3.63, 3.8) is 0 Å². The molecule has 2 aromatic rings. The number of ketones is 2. The van der Waals surface area contributed by atoms with Crippen LogP contribution in [0.4, 0.5) is 0 Å². The molecule has 1 aliphatic carbocycles. The van der Waals surface area contributed by atoms with Gasteiger partial charge in [0, 0.05) is 11.8 Å². The molecule has 1 N–H and O–H groups in total. The quantitative estimate of drug-likeness (QED) is 0.497. The summed E-state index contributed by atoms with van der Waals surface area (Å²) in [6.45, 7) is 3.56. The van der Waals surface area contributed by atoms with Gasteiger partial charge >= 0.3 is 0 Å². The van der Waals surface area contributed by atoms with Gasteiger partial charge in [-0.25, -0.2) is 4.98 Å². The first-order valence-corrected chi connectivity index (χ1v) is 7.13. The SMILES string of the molecule is CC1(C)CCC(=O)/C(=C(\O)c2cnc3ccccc3n2)C1=O. The van der Waals surface area contributed by atoms with Gasteiger partial charge < -0.3 is 5.11 Å². The van der Waals surface area contributed by atoms with Gasteiger partial charge in [0.25, 0.3) is 0 Å². The number of hydrogen-bond acceptors (Lipinski definition) is 5. The van der Waals surface area contributed by atoms with E-state index in [0.29, 0.717) is 17.5 Å². The number of carbonyl (C=O) groups excluding carboxylic acids is 2. The largest absolute Gasteiger partial charge is 0.505 e. The van der Waals surface area contributed by atoms with Crippen LogP contribution in [0, 0.1) is 5.41 Å². The second-order valence-corrected chi connectivity index (χ2v) is 6.10. The molecule has 112 valence electrons. The van der Waals surface area contributed by atoms with Crippen LogP contribution < -0.4 is 0 Å². The Kier molecular flexibility index (Phi) is 3.28. The minimum Gasteiger partial charge on any atom is -0.505 e. The lowest BCUT2D eigenvalue weighted by atomic mass is 9.73. The van der Waals surface area contributed by atoms with Crippen LogP contribution in [0.2, 0.25) is 0 Å². The Morgan fingerprint density at radius 1 is 1.18 bits per heavy atom. The average Bonchev–Trinajstić information content (AvgIpc) is 2.51. The van der Waals surface area contributed by atoms with Crippen LogP contribution in [0.5, 0.6) is 0 Å². The molecule has 1 heterocycles. The summed E-state index contributed by atoms with van der Waals surface area (Å²) in [5.41, 5.74) is 0.628. The van der Waals surface area contributed by atoms with Gasteiger partial charge in [-0.1, -0.05) is 26.0 Å². The van der Waals surface area contributed by atoms with Crippen molar-refractivity contribution in [3.05, 3.63) is 41.7 Å². The minimum absolute atomic E-state index is 0.146. The third-order valence-corrected chi connectivity index (χ3v) is 4.03. The molecule has 1 aliphatic rings. The molecule has 0 atom stereocenters. The Morgan fingerprint density at radius 3 is 2.59 bits per heavy atom. The number of aromatic nitrogens is 2. The number of aliphatic hydroxyl groups excluding tert-OH is 1. The first-order valence-electron chi connectivity index (χ1n) is 7.13. The highest BCUT2D eigenvalue weighted by Gasteiger charge is 2.40. The van der Waals surface area contributed by atoms with Crippen LogP contribution in [0.15, 0.2) is 36.0 Å². The van der Waals surface area contributed by atoms with E-state index in [4.69, 9.17) is 0 Å². The van der Waals surface area contributed by atoms with E-state index in [9.17, 15) is 14.7 Å². The monoisotopic (exact) mass is 296 g/mol. The second-order valence-electron chi connectivity index (χ2n) is 6.10. The average molecular weight is 296 g/mol. The van der Waals surface area contributed by atoms with E-state index >= 15 is 0 Å². The van der Waals surface area contributed by atoms with E-state index in [0.717, 1.165) is 0 Å². The van der Waals surface area contributed by atoms with Gasteiger partial charge in [0.2, 0.25) is 0 Å². The summed E-state index contributed by atoms with van der Waals surface area (Å²) in [6.07, 6.45) is 2.12. The fourth-order valence-corrected chi connectivity index (χ4v) is 2.57. The topological polar surface area (TPSA) is 80.2 Å². The Morgan fingerprint density at radius 2 is 1.86 bits per heavy atom. The van der Waals surface area contributed by atoms with Gasteiger partial charge in [-0.2, -0.15) is 0 Å². The fraction of sp³-hybridized carbons (Fsp3) is 0.294. The zero-order valence-electron chi connectivity index (χ0n) is 12.5. The van der Waals surface area contributed by atoms with Gasteiger partial charge in [-0.15, -0.1) is 0 Å². The molecule has 0 saturated heterocycles. The van der Waals surface area contributed by atoms with Crippen LogP contribution >= 0.6 is 0 Å². The molecular weight excluding hydrogens is 280 g/mol. The van der Waals surface area contributed by atoms with Crippen LogP contribution in [-0.2, 0) is 9.59 Å². The molecule has 0 amide bonds. The molecule has 0 radical (unpaired) electrons. The van der Waals surface area contributed by atoms with Gasteiger partial charge in [0.1, 0.15) is 11.3 Å². The van der Waals surface area contributed by atoms with E-state index in [-0.39, 0.29) is 35.0 Å². The maximum Gasteiger partial charge on any atom is 0.175 e. The molecule has 5 heteroatoms. The number of hydrogen-bond donors (Lipinski definition) is 1. The lowest BCUT2D eigenvalue weighted by Gasteiger charge is -2.28. The molecule has 22 heavy (non-hydrogen) atoms. The van der Waals surface area contributed by atoms with Crippen molar-refractivity contribution in [1.29, 1.82) is 0 Å². The Hall–Kier alpha value is -2.56. The molecule has 0 bridgehead atoms. The smallest absolute Gasteiger partial charge is 0.175 e. The predicted molar refractivity (Wildman–Crippen MR) is 82.1 cm³/mol. The van der Waals surface area contributed by atoms with E-state index in [2.05, 4.69) is 9.97 Å². The maximum atomic E-state index is 12.4. The number of nitrogens with zero attached hydrogens (tertiary/aromatic N) is 2. The Bertz CT molecular complexity index is 822. The second kappa shape index (κ2) is 5.02. The molecule has 1 aromatic heterocycles. The lowest BCUT2D eigenvalue weighted by molar-refractivity contribution is -0.130. The summed E-state index contributed by atoms with van der Waals surface area (Å²) in [5.74, 6) is -1.05. The number of para-hydroxylation sites is 2. The normalized spacial score (nSPS) is 20.3. The third kappa shape index (κ3) is 2.28. The Balaban J connectivity index is 2.15. The van der Waals surface area contributed by atoms with Gasteiger partial charge in [0.15, 0.2) is 17.3 Å². The summed E-state index contributed by atoms with van der Waals surface area (Å²) in [6, 6.07) is 7.21. The molecule has 1 fully saturated rings. The van der Waals surface area contributed by atoms with Crippen LogP contribution in [0.25, 0.3) is 16.8 Å². The molecule has 5 nitrogen and oxygen atoms in total. The molecular formula is C17H16N2O3. The highest BCUT2D eigenvalue weighted by atomic mass is 16.3. The van der Waals surface area contributed by atoms with Crippen molar-refractivity contribution in [2.45, 2.75) is 26.7 Å². The number of benzene rings is 1. The number of fused-ring (bicyclic) bond motifs is 1. The summed E-state index contributed by atoms with van der Waals surface area (Å²) < 4.78 is 0. The number of rotatable bonds is 1. The first-order chi connectivity index (χ1) is 10.4. The zero-order chi connectivity index (χ0) is 15.9. The van der Waals surface area contributed by atoms with E-state index in [1.165, 1.54) is 6.20 Å². The van der Waals surface area contributed by atoms with E-state index < -0.39 is 5.41 Å². The lowest BCUT2D eigenvalue weighted by Crippen LogP contribution is -2.35. The van der Waals surface area contributed by atoms with Crippen molar-refractivity contribution >= 4 is 28.4 Å². The standard InChI is InChI=1S/C17H16N2O3/c1-17(2)8-7-13(20)14(16(17)22)15(21)12-9-18-10-5-3-4-6-11(10)19-12/h3-6,9,21H,7-8H2,1-2H3/b15-14+. The van der Waals surface area contributed by atoms with Gasteiger partial charge in [-0.3, -0.25) is 14.6 Å². The third-order valence-electron chi connectivity index (χ3n) is 4.03. The molecule has 1 aromatic carbocycles. The Labute approximate surface area is 127 Å². The number of carbonyl (C=O) groups is 2. The molecule has 0 unspecified atom stereocenters. The van der Waals surface area contributed by atoms with Crippen LogP contribution in [-0.4, -0.2) is 26.6 Å². The van der Waals surface area contributed by atoms with Crippen molar-refractivity contribution < 1.29 is 14.7 Å². The zero-order valence-corrected chi connectivity index (χ0v) is 12.5.